The number of halogens is 4. The van der Waals surface area contributed by atoms with Crippen LogP contribution in [0.4, 0.5) is 17.6 Å². The molecule has 1 atom stereocenters. The van der Waals surface area contributed by atoms with Gasteiger partial charge in [-0.15, -0.1) is 0 Å². The molecule has 1 unspecified atom stereocenters. The third-order valence-corrected chi connectivity index (χ3v) is 4.76. The SMILES string of the molecule is CC(C)C(CO)NC(=O)c1cc(-c2ccc(C(F)(F)F)nc2)nn(-c2cncc(F)c2)c1=O. The molecule has 3 aromatic heterocycles. The van der Waals surface area contributed by atoms with Crippen molar-refractivity contribution in [1.82, 2.24) is 25.1 Å². The number of aliphatic hydroxyl groups excluding tert-OH is 1. The van der Waals surface area contributed by atoms with Crippen molar-refractivity contribution < 1.29 is 27.5 Å². The Morgan fingerprint density at radius 3 is 2.45 bits per heavy atom. The zero-order chi connectivity index (χ0) is 24.3. The fourth-order valence-corrected chi connectivity index (χ4v) is 2.87. The number of rotatable bonds is 6. The lowest BCUT2D eigenvalue weighted by molar-refractivity contribution is -0.141. The summed E-state index contributed by atoms with van der Waals surface area (Å²) in [5, 5.41) is 16.1. The normalized spacial score (nSPS) is 12.6. The number of pyridine rings is 2. The second-order valence-electron chi connectivity index (χ2n) is 7.46. The lowest BCUT2D eigenvalue weighted by Crippen LogP contribution is -2.43. The molecule has 0 aliphatic rings. The van der Waals surface area contributed by atoms with E-state index in [-0.39, 0.29) is 29.5 Å². The Hall–Kier alpha value is -3.67. The molecule has 33 heavy (non-hydrogen) atoms. The minimum Gasteiger partial charge on any atom is -0.394 e. The monoisotopic (exact) mass is 465 g/mol. The highest BCUT2D eigenvalue weighted by atomic mass is 19.4. The maximum Gasteiger partial charge on any atom is 0.433 e. The Kier molecular flexibility index (Phi) is 6.86. The van der Waals surface area contributed by atoms with Crippen LogP contribution >= 0.6 is 0 Å². The van der Waals surface area contributed by atoms with Gasteiger partial charge < -0.3 is 10.4 Å². The number of alkyl halides is 3. The van der Waals surface area contributed by atoms with Crippen LogP contribution < -0.4 is 10.9 Å². The number of nitrogens with zero attached hydrogens (tertiary/aromatic N) is 4. The standard InChI is InChI=1S/C21H19F4N5O3/c1-11(2)17(10-31)28-19(32)15-6-16(12-3-4-18(27-7-12)21(23,24)25)29-30(20(15)33)14-5-13(22)8-26-9-14/h3-9,11,17,31H,10H2,1-2H3,(H,28,32). The molecule has 0 bridgehead atoms. The molecule has 3 heterocycles. The van der Waals surface area contributed by atoms with E-state index in [2.05, 4.69) is 20.4 Å². The second-order valence-corrected chi connectivity index (χ2v) is 7.46. The van der Waals surface area contributed by atoms with Gasteiger partial charge in [-0.2, -0.15) is 23.0 Å². The predicted molar refractivity (Wildman–Crippen MR) is 109 cm³/mol. The molecule has 0 spiro atoms. The van der Waals surface area contributed by atoms with Crippen LogP contribution in [0.2, 0.25) is 0 Å². The van der Waals surface area contributed by atoms with Crippen LogP contribution in [0.15, 0.2) is 47.7 Å². The van der Waals surface area contributed by atoms with Gasteiger partial charge in [0.05, 0.1) is 36.4 Å². The first-order chi connectivity index (χ1) is 15.5. The maximum absolute atomic E-state index is 13.7. The quantitative estimate of drug-likeness (QED) is 0.542. The van der Waals surface area contributed by atoms with E-state index < -0.39 is 40.8 Å². The van der Waals surface area contributed by atoms with Crippen LogP contribution in [0.25, 0.3) is 16.9 Å². The zero-order valence-corrected chi connectivity index (χ0v) is 17.5. The Bertz CT molecular complexity index is 1210. The summed E-state index contributed by atoms with van der Waals surface area (Å²) in [6, 6.07) is 3.22. The van der Waals surface area contributed by atoms with Crippen molar-refractivity contribution >= 4 is 5.91 Å². The molecule has 0 saturated heterocycles. The van der Waals surface area contributed by atoms with Crippen molar-refractivity contribution in [2.75, 3.05) is 6.61 Å². The number of carbonyl (C=O) groups is 1. The highest BCUT2D eigenvalue weighted by Crippen LogP contribution is 2.28. The Morgan fingerprint density at radius 2 is 1.91 bits per heavy atom. The van der Waals surface area contributed by atoms with Crippen molar-refractivity contribution in [1.29, 1.82) is 0 Å². The number of aromatic nitrogens is 4. The molecule has 2 N–H and O–H groups in total. The van der Waals surface area contributed by atoms with Crippen LogP contribution in [-0.2, 0) is 6.18 Å². The molecule has 174 valence electrons. The largest absolute Gasteiger partial charge is 0.433 e. The van der Waals surface area contributed by atoms with E-state index >= 15 is 0 Å². The molecule has 0 aliphatic carbocycles. The van der Waals surface area contributed by atoms with Gasteiger partial charge in [-0.25, -0.2) is 4.39 Å². The summed E-state index contributed by atoms with van der Waals surface area (Å²) in [6.45, 7) is 3.12. The third kappa shape index (κ3) is 5.40. The van der Waals surface area contributed by atoms with Crippen molar-refractivity contribution in [3.63, 3.8) is 0 Å². The van der Waals surface area contributed by atoms with Gasteiger partial charge in [0, 0.05) is 17.8 Å². The van der Waals surface area contributed by atoms with Crippen molar-refractivity contribution in [3.05, 3.63) is 70.3 Å². The molecule has 0 radical (unpaired) electrons. The van der Waals surface area contributed by atoms with Crippen LogP contribution in [0.5, 0.6) is 0 Å². The average Bonchev–Trinajstić information content (AvgIpc) is 2.76. The van der Waals surface area contributed by atoms with Crippen LogP contribution in [0.1, 0.15) is 29.9 Å². The number of hydrogen-bond acceptors (Lipinski definition) is 6. The second kappa shape index (κ2) is 9.45. The third-order valence-electron chi connectivity index (χ3n) is 4.76. The number of nitrogens with one attached hydrogen (secondary N) is 1. The first-order valence-electron chi connectivity index (χ1n) is 9.72. The summed E-state index contributed by atoms with van der Waals surface area (Å²) in [4.78, 5) is 32.9. The Labute approximate surface area is 184 Å². The van der Waals surface area contributed by atoms with Crippen molar-refractivity contribution in [2.45, 2.75) is 26.1 Å². The molecule has 12 heteroatoms. The van der Waals surface area contributed by atoms with Gasteiger partial charge in [-0.3, -0.25) is 19.6 Å². The van der Waals surface area contributed by atoms with E-state index in [4.69, 9.17) is 0 Å². The molecule has 1 amide bonds. The van der Waals surface area contributed by atoms with Crippen molar-refractivity contribution in [2.24, 2.45) is 5.92 Å². The van der Waals surface area contributed by atoms with Gasteiger partial charge in [-0.05, 0) is 24.1 Å². The maximum atomic E-state index is 13.7. The van der Waals surface area contributed by atoms with E-state index in [1.165, 1.54) is 0 Å². The lowest BCUT2D eigenvalue weighted by atomic mass is 10.0. The van der Waals surface area contributed by atoms with E-state index in [0.29, 0.717) is 0 Å². The molecule has 0 fully saturated rings. The topological polar surface area (TPSA) is 110 Å². The van der Waals surface area contributed by atoms with Gasteiger partial charge in [0.25, 0.3) is 11.5 Å². The van der Waals surface area contributed by atoms with Gasteiger partial charge in [0.15, 0.2) is 0 Å². The number of amides is 1. The summed E-state index contributed by atoms with van der Waals surface area (Å²) < 4.78 is 53.0. The van der Waals surface area contributed by atoms with E-state index in [1.807, 2.05) is 0 Å². The highest BCUT2D eigenvalue weighted by molar-refractivity contribution is 5.95. The van der Waals surface area contributed by atoms with Gasteiger partial charge in [0.2, 0.25) is 0 Å². The summed E-state index contributed by atoms with van der Waals surface area (Å²) in [5.41, 5.74) is -2.53. The lowest BCUT2D eigenvalue weighted by Gasteiger charge is -2.20. The van der Waals surface area contributed by atoms with Gasteiger partial charge in [-0.1, -0.05) is 13.8 Å². The number of carbonyl (C=O) groups excluding carboxylic acids is 1. The average molecular weight is 465 g/mol. The minimum absolute atomic E-state index is 0.0599. The molecule has 0 aliphatic heterocycles. The molecule has 0 aromatic carbocycles. The molecular weight excluding hydrogens is 446 g/mol. The van der Waals surface area contributed by atoms with Gasteiger partial charge >= 0.3 is 6.18 Å². The summed E-state index contributed by atoms with van der Waals surface area (Å²) in [6.07, 6.45) is -1.71. The molecule has 0 saturated carbocycles. The van der Waals surface area contributed by atoms with E-state index in [1.54, 1.807) is 13.8 Å². The predicted octanol–water partition coefficient (Wildman–Crippen LogP) is 2.59. The fraction of sp³-hybridized carbons (Fsp3) is 0.286. The fourth-order valence-electron chi connectivity index (χ4n) is 2.87. The smallest absolute Gasteiger partial charge is 0.394 e. The van der Waals surface area contributed by atoms with Crippen molar-refractivity contribution in [3.8, 4) is 16.9 Å². The van der Waals surface area contributed by atoms with Crippen LogP contribution in [0.3, 0.4) is 0 Å². The number of hydrogen-bond donors (Lipinski definition) is 2. The number of aliphatic hydroxyl groups is 1. The molecule has 8 nitrogen and oxygen atoms in total. The Balaban J connectivity index is 2.16. The van der Waals surface area contributed by atoms with Crippen LogP contribution in [-0.4, -0.2) is 43.4 Å². The highest BCUT2D eigenvalue weighted by Gasteiger charge is 2.32. The zero-order valence-electron chi connectivity index (χ0n) is 17.5. The molecule has 3 rings (SSSR count). The summed E-state index contributed by atoms with van der Waals surface area (Å²) in [5.74, 6) is -1.77. The first kappa shape index (κ1) is 24.0. The van der Waals surface area contributed by atoms with E-state index in [9.17, 15) is 32.3 Å². The molecule has 3 aromatic rings. The Morgan fingerprint density at radius 1 is 1.18 bits per heavy atom. The van der Waals surface area contributed by atoms with Crippen LogP contribution in [0, 0.1) is 11.7 Å². The van der Waals surface area contributed by atoms with E-state index in [0.717, 1.165) is 47.5 Å². The molecular formula is C21H19F4N5O3. The van der Waals surface area contributed by atoms with Gasteiger partial charge in [0.1, 0.15) is 17.1 Å². The minimum atomic E-state index is -4.65. The first-order valence-corrected chi connectivity index (χ1v) is 9.72. The summed E-state index contributed by atoms with van der Waals surface area (Å²) in [7, 11) is 0. The summed E-state index contributed by atoms with van der Waals surface area (Å²) >= 11 is 0.